The predicted octanol–water partition coefficient (Wildman–Crippen LogP) is 2.32. The van der Waals surface area contributed by atoms with Crippen molar-refractivity contribution in [2.75, 3.05) is 7.11 Å². The Kier molecular flexibility index (Phi) is 4.16. The summed E-state index contributed by atoms with van der Waals surface area (Å²) in [6.07, 6.45) is 0.578. The molecule has 1 aromatic carbocycles. The Hall–Kier alpha value is -1.88. The van der Waals surface area contributed by atoms with Gasteiger partial charge < -0.3 is 15.0 Å². The molecule has 1 aromatic heterocycles. The van der Waals surface area contributed by atoms with Gasteiger partial charge in [-0.25, -0.2) is 0 Å². The van der Waals surface area contributed by atoms with Crippen LogP contribution in [0.1, 0.15) is 37.2 Å². The highest BCUT2D eigenvalue weighted by atomic mass is 16.5. The van der Waals surface area contributed by atoms with Crippen molar-refractivity contribution in [2.45, 2.75) is 26.3 Å². The van der Waals surface area contributed by atoms with Crippen LogP contribution in [0.5, 0.6) is 5.75 Å². The molecule has 0 saturated heterocycles. The highest BCUT2D eigenvalue weighted by Gasteiger charge is 2.17. The minimum absolute atomic E-state index is 0.192. The van der Waals surface area contributed by atoms with E-state index in [-0.39, 0.29) is 12.0 Å². The minimum Gasteiger partial charge on any atom is -0.497 e. The Morgan fingerprint density at radius 1 is 1.37 bits per heavy atom. The maximum Gasteiger partial charge on any atom is 0.231 e. The van der Waals surface area contributed by atoms with Crippen molar-refractivity contribution in [3.05, 3.63) is 41.5 Å². The smallest absolute Gasteiger partial charge is 0.231 e. The van der Waals surface area contributed by atoms with Crippen molar-refractivity contribution in [3.8, 4) is 5.75 Å². The van der Waals surface area contributed by atoms with Gasteiger partial charge in [-0.05, 0) is 23.6 Å². The Bertz CT molecular complexity index is 537. The third kappa shape index (κ3) is 3.32. The number of nitrogens with zero attached hydrogens (tertiary/aromatic N) is 2. The molecule has 1 atom stereocenters. The molecular formula is C14H19N3O2. The molecule has 102 valence electrons. The van der Waals surface area contributed by atoms with Crippen molar-refractivity contribution in [1.82, 2.24) is 10.1 Å². The van der Waals surface area contributed by atoms with Crippen molar-refractivity contribution in [1.29, 1.82) is 0 Å². The molecule has 0 fully saturated rings. The van der Waals surface area contributed by atoms with Crippen LogP contribution in [0.4, 0.5) is 0 Å². The summed E-state index contributed by atoms with van der Waals surface area (Å²) in [5.41, 5.74) is 7.05. The molecule has 2 rings (SSSR count). The molecular weight excluding hydrogens is 242 g/mol. The van der Waals surface area contributed by atoms with Crippen LogP contribution in [0.2, 0.25) is 0 Å². The van der Waals surface area contributed by atoms with Crippen LogP contribution < -0.4 is 10.5 Å². The molecule has 0 aliphatic carbocycles. The van der Waals surface area contributed by atoms with Gasteiger partial charge in [0.2, 0.25) is 5.89 Å². The van der Waals surface area contributed by atoms with Crippen LogP contribution in [-0.2, 0) is 6.42 Å². The third-order valence-corrected chi connectivity index (χ3v) is 2.99. The summed E-state index contributed by atoms with van der Waals surface area (Å²) >= 11 is 0. The lowest BCUT2D eigenvalue weighted by molar-refractivity contribution is 0.367. The number of methoxy groups -OCH3 is 1. The molecule has 0 spiro atoms. The zero-order valence-corrected chi connectivity index (χ0v) is 11.5. The second-order valence-electron chi connectivity index (χ2n) is 4.84. The van der Waals surface area contributed by atoms with Gasteiger partial charge in [0.25, 0.3) is 0 Å². The van der Waals surface area contributed by atoms with Gasteiger partial charge in [-0.2, -0.15) is 4.98 Å². The van der Waals surface area contributed by atoms with Gasteiger partial charge in [0, 0.05) is 0 Å². The second kappa shape index (κ2) is 5.84. The predicted molar refractivity (Wildman–Crippen MR) is 71.9 cm³/mol. The SMILES string of the molecule is COc1cccc(Cc2nc(C(N)C(C)C)no2)c1. The molecule has 0 radical (unpaired) electrons. The van der Waals surface area contributed by atoms with Crippen molar-refractivity contribution >= 4 is 0 Å². The zero-order chi connectivity index (χ0) is 13.8. The van der Waals surface area contributed by atoms with Gasteiger partial charge in [-0.3, -0.25) is 0 Å². The standard InChI is InChI=1S/C14H19N3O2/c1-9(2)13(15)14-16-12(19-17-14)8-10-5-4-6-11(7-10)18-3/h4-7,9,13H,8,15H2,1-3H3. The first kappa shape index (κ1) is 13.5. The summed E-state index contributed by atoms with van der Waals surface area (Å²) in [5, 5.41) is 3.93. The van der Waals surface area contributed by atoms with Gasteiger partial charge in [-0.15, -0.1) is 0 Å². The van der Waals surface area contributed by atoms with Gasteiger partial charge in [0.1, 0.15) is 5.75 Å². The average Bonchev–Trinajstić information content (AvgIpc) is 2.86. The number of nitrogens with two attached hydrogens (primary N) is 1. The van der Waals surface area contributed by atoms with Crippen LogP contribution >= 0.6 is 0 Å². The molecule has 0 saturated carbocycles. The van der Waals surface area contributed by atoms with E-state index in [4.69, 9.17) is 15.0 Å². The van der Waals surface area contributed by atoms with E-state index in [0.29, 0.717) is 18.1 Å². The number of rotatable bonds is 5. The topological polar surface area (TPSA) is 74.2 Å². The molecule has 2 N–H and O–H groups in total. The lowest BCUT2D eigenvalue weighted by Gasteiger charge is -2.09. The Labute approximate surface area is 112 Å². The van der Waals surface area contributed by atoms with E-state index in [1.54, 1.807) is 7.11 Å². The summed E-state index contributed by atoms with van der Waals surface area (Å²) in [5.74, 6) is 2.23. The van der Waals surface area contributed by atoms with Gasteiger partial charge in [-0.1, -0.05) is 31.1 Å². The van der Waals surface area contributed by atoms with Crippen LogP contribution in [-0.4, -0.2) is 17.3 Å². The minimum atomic E-state index is -0.192. The number of benzene rings is 1. The lowest BCUT2D eigenvalue weighted by atomic mass is 10.1. The van der Waals surface area contributed by atoms with Crippen LogP contribution in [0.25, 0.3) is 0 Å². The molecule has 0 aliphatic heterocycles. The first-order valence-corrected chi connectivity index (χ1v) is 6.31. The number of ether oxygens (including phenoxy) is 1. The van der Waals surface area contributed by atoms with E-state index in [1.165, 1.54) is 0 Å². The van der Waals surface area contributed by atoms with E-state index >= 15 is 0 Å². The van der Waals surface area contributed by atoms with Gasteiger partial charge in [0.15, 0.2) is 5.82 Å². The molecule has 0 amide bonds. The summed E-state index contributed by atoms with van der Waals surface area (Å²) in [6.45, 7) is 4.06. The largest absolute Gasteiger partial charge is 0.497 e. The fourth-order valence-electron chi connectivity index (χ4n) is 1.73. The maximum atomic E-state index is 5.99. The molecule has 1 heterocycles. The zero-order valence-electron chi connectivity index (χ0n) is 11.5. The highest BCUT2D eigenvalue weighted by Crippen LogP contribution is 2.18. The first-order valence-electron chi connectivity index (χ1n) is 6.31. The van der Waals surface area contributed by atoms with E-state index in [1.807, 2.05) is 38.1 Å². The highest BCUT2D eigenvalue weighted by molar-refractivity contribution is 5.29. The molecule has 1 unspecified atom stereocenters. The van der Waals surface area contributed by atoms with E-state index in [2.05, 4.69) is 10.1 Å². The summed E-state index contributed by atoms with van der Waals surface area (Å²) in [6, 6.07) is 7.59. The summed E-state index contributed by atoms with van der Waals surface area (Å²) in [7, 11) is 1.64. The van der Waals surface area contributed by atoms with Crippen LogP contribution in [0.15, 0.2) is 28.8 Å². The average molecular weight is 261 g/mol. The molecule has 19 heavy (non-hydrogen) atoms. The number of hydrogen-bond donors (Lipinski definition) is 1. The van der Waals surface area contributed by atoms with E-state index in [9.17, 15) is 0 Å². The van der Waals surface area contributed by atoms with E-state index < -0.39 is 0 Å². The molecule has 0 bridgehead atoms. The number of hydrogen-bond acceptors (Lipinski definition) is 5. The van der Waals surface area contributed by atoms with Gasteiger partial charge >= 0.3 is 0 Å². The van der Waals surface area contributed by atoms with Crippen molar-refractivity contribution < 1.29 is 9.26 Å². The van der Waals surface area contributed by atoms with Crippen molar-refractivity contribution in [2.24, 2.45) is 11.7 Å². The van der Waals surface area contributed by atoms with E-state index in [0.717, 1.165) is 11.3 Å². The summed E-state index contributed by atoms with van der Waals surface area (Å²) in [4.78, 5) is 4.34. The maximum absolute atomic E-state index is 5.99. The lowest BCUT2D eigenvalue weighted by Crippen LogP contribution is -2.18. The molecule has 2 aromatic rings. The van der Waals surface area contributed by atoms with Gasteiger partial charge in [0.05, 0.1) is 19.6 Å². The van der Waals surface area contributed by atoms with Crippen LogP contribution in [0, 0.1) is 5.92 Å². The van der Waals surface area contributed by atoms with Crippen LogP contribution in [0.3, 0.4) is 0 Å². The normalized spacial score (nSPS) is 12.7. The third-order valence-electron chi connectivity index (χ3n) is 2.99. The monoisotopic (exact) mass is 261 g/mol. The fourth-order valence-corrected chi connectivity index (χ4v) is 1.73. The molecule has 5 nitrogen and oxygen atoms in total. The molecule has 0 aliphatic rings. The Balaban J connectivity index is 2.11. The first-order chi connectivity index (χ1) is 9.10. The van der Waals surface area contributed by atoms with Crippen molar-refractivity contribution in [3.63, 3.8) is 0 Å². The quantitative estimate of drug-likeness (QED) is 0.894. The molecule has 5 heteroatoms. The number of aromatic nitrogens is 2. The summed E-state index contributed by atoms with van der Waals surface area (Å²) < 4.78 is 10.4. The second-order valence-corrected chi connectivity index (χ2v) is 4.84. The Morgan fingerprint density at radius 3 is 2.84 bits per heavy atom. The fraction of sp³-hybridized carbons (Fsp3) is 0.429. The Morgan fingerprint density at radius 2 is 2.16 bits per heavy atom.